The van der Waals surface area contributed by atoms with E-state index in [1.54, 1.807) is 6.07 Å². The summed E-state index contributed by atoms with van der Waals surface area (Å²) in [5.74, 6) is -0.259. The number of carbonyl (C=O) groups is 1. The van der Waals surface area contributed by atoms with E-state index in [2.05, 4.69) is 26.3 Å². The molecule has 0 aliphatic heterocycles. The van der Waals surface area contributed by atoms with Crippen LogP contribution in [0, 0.1) is 0 Å². The van der Waals surface area contributed by atoms with Gasteiger partial charge in [-0.3, -0.25) is 9.59 Å². The van der Waals surface area contributed by atoms with Crippen LogP contribution in [0.4, 0.5) is 0 Å². The van der Waals surface area contributed by atoms with Gasteiger partial charge < -0.3 is 5.32 Å². The molecule has 3 rings (SSSR count). The van der Waals surface area contributed by atoms with Gasteiger partial charge in [0.15, 0.2) is 0 Å². The summed E-state index contributed by atoms with van der Waals surface area (Å²) in [7, 11) is 0. The van der Waals surface area contributed by atoms with E-state index in [0.717, 1.165) is 15.6 Å². The maximum Gasteiger partial charge on any atom is 0.267 e. The number of hydrogen-bond acceptors (Lipinski definition) is 3. The van der Waals surface area contributed by atoms with E-state index in [4.69, 9.17) is 0 Å². The molecule has 0 saturated carbocycles. The van der Waals surface area contributed by atoms with E-state index in [1.807, 2.05) is 54.6 Å². The van der Waals surface area contributed by atoms with Gasteiger partial charge in [0, 0.05) is 22.6 Å². The second-order valence-corrected chi connectivity index (χ2v) is 6.40. The Kier molecular flexibility index (Phi) is 5.40. The Bertz CT molecular complexity index is 939. The second kappa shape index (κ2) is 7.90. The van der Waals surface area contributed by atoms with Gasteiger partial charge in [0.25, 0.3) is 5.56 Å². The van der Waals surface area contributed by atoms with Crippen molar-refractivity contribution in [3.05, 3.63) is 87.1 Å². The summed E-state index contributed by atoms with van der Waals surface area (Å²) >= 11 is 3.41. The lowest BCUT2D eigenvalue weighted by atomic mass is 10.1. The predicted molar refractivity (Wildman–Crippen MR) is 99.9 cm³/mol. The molecule has 1 N–H and O–H groups in total. The minimum atomic E-state index is -0.311. The van der Waals surface area contributed by atoms with Gasteiger partial charge in [0.2, 0.25) is 5.91 Å². The third kappa shape index (κ3) is 4.64. The maximum absolute atomic E-state index is 12.1. The lowest BCUT2D eigenvalue weighted by Gasteiger charge is -2.08. The topological polar surface area (TPSA) is 64.0 Å². The number of hydrogen-bond donors (Lipinski definition) is 1. The fourth-order valence-electron chi connectivity index (χ4n) is 2.35. The standard InChI is InChI=1S/C19H16BrN3O2/c20-16-8-4-7-15(11-16)17-9-10-19(25)23(22-17)13-18(24)21-12-14-5-2-1-3-6-14/h1-11H,12-13H2,(H,21,24). The zero-order chi connectivity index (χ0) is 17.6. The Balaban J connectivity index is 1.72. The summed E-state index contributed by atoms with van der Waals surface area (Å²) in [5, 5.41) is 7.10. The summed E-state index contributed by atoms with van der Waals surface area (Å²) in [6, 6.07) is 20.3. The molecule has 126 valence electrons. The first kappa shape index (κ1) is 17.1. The van der Waals surface area contributed by atoms with Crippen molar-refractivity contribution >= 4 is 21.8 Å². The van der Waals surface area contributed by atoms with E-state index in [1.165, 1.54) is 10.7 Å². The van der Waals surface area contributed by atoms with Crippen LogP contribution in [0.5, 0.6) is 0 Å². The van der Waals surface area contributed by atoms with E-state index >= 15 is 0 Å². The lowest BCUT2D eigenvalue weighted by Crippen LogP contribution is -2.33. The molecule has 0 fully saturated rings. The van der Waals surface area contributed by atoms with Crippen molar-refractivity contribution in [1.82, 2.24) is 15.1 Å². The molecular weight excluding hydrogens is 382 g/mol. The van der Waals surface area contributed by atoms with E-state index in [0.29, 0.717) is 12.2 Å². The van der Waals surface area contributed by atoms with Crippen LogP contribution in [0.25, 0.3) is 11.3 Å². The highest BCUT2D eigenvalue weighted by Gasteiger charge is 2.08. The quantitative estimate of drug-likeness (QED) is 0.719. The smallest absolute Gasteiger partial charge is 0.267 e. The molecule has 0 unspecified atom stereocenters. The van der Waals surface area contributed by atoms with Crippen molar-refractivity contribution in [3.8, 4) is 11.3 Å². The highest BCUT2D eigenvalue weighted by atomic mass is 79.9. The Morgan fingerprint density at radius 1 is 1.04 bits per heavy atom. The molecule has 0 saturated heterocycles. The Hall–Kier alpha value is -2.73. The number of halogens is 1. The summed E-state index contributed by atoms with van der Waals surface area (Å²) in [6.07, 6.45) is 0. The van der Waals surface area contributed by atoms with Crippen LogP contribution in [0.1, 0.15) is 5.56 Å². The van der Waals surface area contributed by atoms with Gasteiger partial charge in [-0.15, -0.1) is 0 Å². The fourth-order valence-corrected chi connectivity index (χ4v) is 2.75. The Morgan fingerprint density at radius 2 is 1.84 bits per heavy atom. The summed E-state index contributed by atoms with van der Waals surface area (Å²) in [6.45, 7) is 0.299. The number of carbonyl (C=O) groups excluding carboxylic acids is 1. The minimum Gasteiger partial charge on any atom is -0.350 e. The van der Waals surface area contributed by atoms with Crippen molar-refractivity contribution in [2.24, 2.45) is 0 Å². The van der Waals surface area contributed by atoms with E-state index in [9.17, 15) is 9.59 Å². The van der Waals surface area contributed by atoms with Gasteiger partial charge in [-0.2, -0.15) is 5.10 Å². The average Bonchev–Trinajstić information content (AvgIpc) is 2.63. The summed E-state index contributed by atoms with van der Waals surface area (Å²) in [4.78, 5) is 24.1. The Labute approximate surface area is 153 Å². The molecule has 1 aromatic heterocycles. The molecule has 1 heterocycles. The molecule has 0 atom stereocenters. The molecule has 0 spiro atoms. The number of benzene rings is 2. The summed E-state index contributed by atoms with van der Waals surface area (Å²) < 4.78 is 2.10. The number of rotatable bonds is 5. The van der Waals surface area contributed by atoms with Crippen molar-refractivity contribution in [2.75, 3.05) is 0 Å². The first-order valence-corrected chi connectivity index (χ1v) is 8.56. The van der Waals surface area contributed by atoms with Crippen LogP contribution in [0.15, 0.2) is 76.0 Å². The molecule has 0 aliphatic rings. The number of nitrogens with zero attached hydrogens (tertiary/aromatic N) is 2. The lowest BCUT2D eigenvalue weighted by molar-refractivity contribution is -0.122. The molecule has 6 heteroatoms. The highest BCUT2D eigenvalue weighted by Crippen LogP contribution is 2.20. The second-order valence-electron chi connectivity index (χ2n) is 5.49. The molecular formula is C19H16BrN3O2. The molecule has 1 amide bonds. The fraction of sp³-hybridized carbons (Fsp3) is 0.105. The molecule has 3 aromatic rings. The van der Waals surface area contributed by atoms with Crippen molar-refractivity contribution in [3.63, 3.8) is 0 Å². The van der Waals surface area contributed by atoms with Crippen molar-refractivity contribution < 1.29 is 4.79 Å². The monoisotopic (exact) mass is 397 g/mol. The van der Waals surface area contributed by atoms with Crippen LogP contribution < -0.4 is 10.9 Å². The molecule has 25 heavy (non-hydrogen) atoms. The predicted octanol–water partition coefficient (Wildman–Crippen LogP) is 2.99. The zero-order valence-corrected chi connectivity index (χ0v) is 14.9. The van der Waals surface area contributed by atoms with E-state index < -0.39 is 0 Å². The maximum atomic E-state index is 12.1. The number of nitrogens with one attached hydrogen (secondary N) is 1. The summed E-state index contributed by atoms with van der Waals surface area (Å²) in [5.41, 5.74) is 2.19. The van der Waals surface area contributed by atoms with Crippen LogP contribution in [-0.4, -0.2) is 15.7 Å². The van der Waals surface area contributed by atoms with Gasteiger partial charge in [-0.25, -0.2) is 4.68 Å². The van der Waals surface area contributed by atoms with Crippen LogP contribution in [0.2, 0.25) is 0 Å². The van der Waals surface area contributed by atoms with Crippen LogP contribution >= 0.6 is 15.9 Å². The third-order valence-corrected chi connectivity index (χ3v) is 4.11. The number of aromatic nitrogens is 2. The average molecular weight is 398 g/mol. The van der Waals surface area contributed by atoms with Gasteiger partial charge in [-0.1, -0.05) is 58.4 Å². The van der Waals surface area contributed by atoms with Crippen molar-refractivity contribution in [2.45, 2.75) is 13.1 Å². The SMILES string of the molecule is O=C(Cn1nc(-c2cccc(Br)c2)ccc1=O)NCc1ccccc1. The minimum absolute atomic E-state index is 0.118. The third-order valence-electron chi connectivity index (χ3n) is 3.61. The van der Waals surface area contributed by atoms with Crippen LogP contribution in [0.3, 0.4) is 0 Å². The van der Waals surface area contributed by atoms with Gasteiger partial charge >= 0.3 is 0 Å². The molecule has 5 nitrogen and oxygen atoms in total. The molecule has 0 aliphatic carbocycles. The molecule has 0 radical (unpaired) electrons. The first-order valence-electron chi connectivity index (χ1n) is 7.76. The normalized spacial score (nSPS) is 10.4. The van der Waals surface area contributed by atoms with Crippen LogP contribution in [-0.2, 0) is 17.9 Å². The number of amides is 1. The molecule has 0 bridgehead atoms. The van der Waals surface area contributed by atoms with Crippen molar-refractivity contribution in [1.29, 1.82) is 0 Å². The molecule has 2 aromatic carbocycles. The van der Waals surface area contributed by atoms with E-state index in [-0.39, 0.29) is 18.0 Å². The zero-order valence-electron chi connectivity index (χ0n) is 13.4. The first-order chi connectivity index (χ1) is 12.1. The van der Waals surface area contributed by atoms with Gasteiger partial charge in [0.1, 0.15) is 6.54 Å². The van der Waals surface area contributed by atoms with Gasteiger partial charge in [-0.05, 0) is 23.8 Å². The van der Waals surface area contributed by atoms with Gasteiger partial charge in [0.05, 0.1) is 5.69 Å². The largest absolute Gasteiger partial charge is 0.350 e. The highest BCUT2D eigenvalue weighted by molar-refractivity contribution is 9.10. The Morgan fingerprint density at radius 3 is 2.60 bits per heavy atom.